The summed E-state index contributed by atoms with van der Waals surface area (Å²) in [4.78, 5) is 71.2. The molecule has 2 aromatic rings. The number of piperidine rings is 2. The molecule has 1 aliphatic carbocycles. The van der Waals surface area contributed by atoms with Crippen LogP contribution in [0.4, 0.5) is 11.4 Å². The van der Waals surface area contributed by atoms with E-state index < -0.39 is 23.8 Å². The van der Waals surface area contributed by atoms with Gasteiger partial charge in [0, 0.05) is 75.2 Å². The van der Waals surface area contributed by atoms with E-state index in [-0.39, 0.29) is 24.7 Å². The van der Waals surface area contributed by atoms with Gasteiger partial charge < -0.3 is 15.1 Å². The first-order valence-electron chi connectivity index (χ1n) is 17.3. The topological polar surface area (TPSA) is 122 Å². The molecule has 3 saturated heterocycles. The van der Waals surface area contributed by atoms with Gasteiger partial charge in [-0.15, -0.1) is 0 Å². The highest BCUT2D eigenvalue weighted by atomic mass is 16.2. The molecule has 11 nitrogen and oxygen atoms in total. The zero-order valence-electron chi connectivity index (χ0n) is 26.9. The molecule has 47 heavy (non-hydrogen) atoms. The number of fused-ring (bicyclic) bond motifs is 1. The summed E-state index contributed by atoms with van der Waals surface area (Å²) in [6.45, 7) is 6.77. The highest BCUT2D eigenvalue weighted by Crippen LogP contribution is 2.32. The van der Waals surface area contributed by atoms with Crippen molar-refractivity contribution in [1.29, 1.82) is 0 Å². The SMILES string of the molecule is O=C1CCC(N2C(=O)c3ccc(N4CCC(CN5CCN(c6ccc(C(=O)NC7CCCCC7)cc6)CC5)CC4)cc3C2=O)C(=O)N1. The first kappa shape index (κ1) is 31.4. The third-order valence-electron chi connectivity index (χ3n) is 10.7. The average Bonchev–Trinajstić information content (AvgIpc) is 3.34. The summed E-state index contributed by atoms with van der Waals surface area (Å²) in [6.07, 6.45) is 8.21. The zero-order chi connectivity index (χ0) is 32.5. The zero-order valence-corrected chi connectivity index (χ0v) is 26.9. The maximum absolute atomic E-state index is 13.3. The summed E-state index contributed by atoms with van der Waals surface area (Å²) < 4.78 is 0. The first-order valence-corrected chi connectivity index (χ1v) is 17.3. The highest BCUT2D eigenvalue weighted by molar-refractivity contribution is 6.23. The summed E-state index contributed by atoms with van der Waals surface area (Å²) in [6, 6.07) is 12.8. The van der Waals surface area contributed by atoms with Crippen molar-refractivity contribution in [3.63, 3.8) is 0 Å². The van der Waals surface area contributed by atoms with Crippen LogP contribution in [0.1, 0.15) is 88.9 Å². The van der Waals surface area contributed by atoms with Crippen molar-refractivity contribution in [2.24, 2.45) is 5.92 Å². The van der Waals surface area contributed by atoms with Crippen molar-refractivity contribution in [2.75, 3.05) is 55.6 Å². The maximum atomic E-state index is 13.3. The molecule has 5 amide bonds. The van der Waals surface area contributed by atoms with Crippen molar-refractivity contribution >= 4 is 40.9 Å². The van der Waals surface area contributed by atoms with E-state index in [4.69, 9.17) is 0 Å². The second-order valence-corrected chi connectivity index (χ2v) is 13.8. The number of hydrogen-bond donors (Lipinski definition) is 2. The molecule has 248 valence electrons. The minimum atomic E-state index is -0.953. The van der Waals surface area contributed by atoms with Gasteiger partial charge in [-0.3, -0.25) is 39.1 Å². The Hall–Kier alpha value is -4.25. The van der Waals surface area contributed by atoms with Crippen molar-refractivity contribution in [3.8, 4) is 0 Å². The Morgan fingerprint density at radius 2 is 1.38 bits per heavy atom. The van der Waals surface area contributed by atoms with Crippen LogP contribution in [0.5, 0.6) is 0 Å². The lowest BCUT2D eigenvalue weighted by Gasteiger charge is -2.40. The van der Waals surface area contributed by atoms with E-state index in [1.165, 1.54) is 24.9 Å². The molecule has 0 aromatic heterocycles. The largest absolute Gasteiger partial charge is 0.371 e. The Balaban J connectivity index is 0.871. The molecule has 1 atom stereocenters. The number of rotatable bonds is 7. The van der Waals surface area contributed by atoms with Crippen LogP contribution in [0.3, 0.4) is 0 Å². The number of hydrogen-bond acceptors (Lipinski definition) is 8. The molecule has 4 aliphatic heterocycles. The molecule has 0 bridgehead atoms. The Morgan fingerprint density at radius 3 is 2.09 bits per heavy atom. The van der Waals surface area contributed by atoms with Gasteiger partial charge in [0.25, 0.3) is 17.7 Å². The summed E-state index contributed by atoms with van der Waals surface area (Å²) >= 11 is 0. The normalized spacial score (nSPS) is 23.2. The van der Waals surface area contributed by atoms with Crippen LogP contribution in [0.25, 0.3) is 0 Å². The number of carbonyl (C=O) groups excluding carboxylic acids is 5. The molecule has 7 rings (SSSR count). The number of amides is 5. The van der Waals surface area contributed by atoms with Crippen molar-refractivity contribution in [2.45, 2.75) is 69.9 Å². The van der Waals surface area contributed by atoms with Gasteiger partial charge in [-0.05, 0) is 80.5 Å². The molecule has 2 N–H and O–H groups in total. The fourth-order valence-electron chi connectivity index (χ4n) is 7.92. The lowest BCUT2D eigenvalue weighted by Crippen LogP contribution is -2.54. The number of nitrogens with zero attached hydrogens (tertiary/aromatic N) is 4. The molecule has 1 unspecified atom stereocenters. The Bertz CT molecular complexity index is 1540. The molecule has 5 aliphatic rings. The minimum Gasteiger partial charge on any atom is -0.371 e. The quantitative estimate of drug-likeness (QED) is 0.443. The van der Waals surface area contributed by atoms with Crippen LogP contribution in [0.15, 0.2) is 42.5 Å². The number of anilines is 2. The second-order valence-electron chi connectivity index (χ2n) is 13.8. The van der Waals surface area contributed by atoms with Crippen LogP contribution in [0, 0.1) is 5.92 Å². The van der Waals surface area contributed by atoms with Crippen LogP contribution >= 0.6 is 0 Å². The van der Waals surface area contributed by atoms with Crippen LogP contribution < -0.4 is 20.4 Å². The number of carbonyl (C=O) groups is 5. The third kappa shape index (κ3) is 6.63. The summed E-state index contributed by atoms with van der Waals surface area (Å²) in [5.74, 6) is -1.28. The molecule has 4 heterocycles. The number of nitrogens with one attached hydrogen (secondary N) is 2. The standard InChI is InChI=1S/C36H44N6O5/c43-32-13-12-31(34(45)38-32)42-35(46)29-11-10-28(22-30(29)36(42)47)40-16-14-24(15-17-40)23-39-18-20-41(21-19-39)27-8-6-25(7-9-27)33(44)37-26-4-2-1-3-5-26/h6-11,22,24,26,31H,1-5,12-21,23H2,(H,37,44)(H,38,43,45). The predicted octanol–water partition coefficient (Wildman–Crippen LogP) is 3.19. The monoisotopic (exact) mass is 640 g/mol. The molecule has 0 radical (unpaired) electrons. The lowest BCUT2D eigenvalue weighted by molar-refractivity contribution is -0.136. The van der Waals surface area contributed by atoms with E-state index in [0.717, 1.165) is 87.6 Å². The fourth-order valence-corrected chi connectivity index (χ4v) is 7.92. The maximum Gasteiger partial charge on any atom is 0.262 e. The Labute approximate surface area is 275 Å². The smallest absolute Gasteiger partial charge is 0.262 e. The Kier molecular flexibility index (Phi) is 8.98. The predicted molar refractivity (Wildman–Crippen MR) is 177 cm³/mol. The van der Waals surface area contributed by atoms with Gasteiger partial charge in [0.1, 0.15) is 6.04 Å². The first-order chi connectivity index (χ1) is 22.8. The van der Waals surface area contributed by atoms with Gasteiger partial charge in [-0.2, -0.15) is 0 Å². The van der Waals surface area contributed by atoms with E-state index in [0.29, 0.717) is 23.1 Å². The van der Waals surface area contributed by atoms with E-state index >= 15 is 0 Å². The third-order valence-corrected chi connectivity index (χ3v) is 10.7. The van der Waals surface area contributed by atoms with E-state index in [2.05, 4.69) is 37.5 Å². The molecule has 2 aromatic carbocycles. The van der Waals surface area contributed by atoms with Crippen molar-refractivity contribution in [1.82, 2.24) is 20.4 Å². The van der Waals surface area contributed by atoms with Crippen molar-refractivity contribution in [3.05, 3.63) is 59.2 Å². The van der Waals surface area contributed by atoms with E-state index in [1.54, 1.807) is 12.1 Å². The van der Waals surface area contributed by atoms with Gasteiger partial charge in [-0.25, -0.2) is 0 Å². The van der Waals surface area contributed by atoms with Crippen molar-refractivity contribution < 1.29 is 24.0 Å². The second kappa shape index (κ2) is 13.5. The molecule has 1 saturated carbocycles. The Morgan fingerprint density at radius 1 is 0.723 bits per heavy atom. The average molecular weight is 641 g/mol. The van der Waals surface area contributed by atoms with Gasteiger partial charge in [-0.1, -0.05) is 19.3 Å². The minimum absolute atomic E-state index is 0.0375. The summed E-state index contributed by atoms with van der Waals surface area (Å²) in [5, 5.41) is 5.45. The fraction of sp³-hybridized carbons (Fsp3) is 0.528. The van der Waals surface area contributed by atoms with Gasteiger partial charge in [0.2, 0.25) is 11.8 Å². The summed E-state index contributed by atoms with van der Waals surface area (Å²) in [7, 11) is 0. The van der Waals surface area contributed by atoms with Crippen LogP contribution in [-0.4, -0.2) is 97.2 Å². The number of piperazine rings is 1. The number of benzene rings is 2. The van der Waals surface area contributed by atoms with E-state index in [9.17, 15) is 24.0 Å². The number of imide groups is 2. The highest BCUT2D eigenvalue weighted by Gasteiger charge is 2.44. The molecular formula is C36H44N6O5. The summed E-state index contributed by atoms with van der Waals surface area (Å²) in [5.41, 5.74) is 3.46. The molecule has 0 spiro atoms. The van der Waals surface area contributed by atoms with Gasteiger partial charge in [0.15, 0.2) is 0 Å². The van der Waals surface area contributed by atoms with E-state index in [1.807, 2.05) is 18.2 Å². The molecule has 11 heteroatoms. The van der Waals surface area contributed by atoms with Gasteiger partial charge in [0.05, 0.1) is 11.1 Å². The van der Waals surface area contributed by atoms with Crippen LogP contribution in [-0.2, 0) is 9.59 Å². The van der Waals surface area contributed by atoms with Gasteiger partial charge >= 0.3 is 0 Å². The lowest BCUT2D eigenvalue weighted by atomic mass is 9.95. The molecule has 4 fully saturated rings. The van der Waals surface area contributed by atoms with Crippen LogP contribution in [0.2, 0.25) is 0 Å². The molecular weight excluding hydrogens is 596 g/mol.